The predicted molar refractivity (Wildman–Crippen MR) is 124 cm³/mol. The molecular formula is C23H29N5O4S. The molecule has 3 aromatic rings. The zero-order valence-corrected chi connectivity index (χ0v) is 19.9. The lowest BCUT2D eigenvalue weighted by molar-refractivity contribution is -0.126. The number of hydrogen-bond donors (Lipinski definition) is 1. The lowest BCUT2D eigenvalue weighted by Crippen LogP contribution is -2.45. The van der Waals surface area contributed by atoms with Crippen LogP contribution in [0, 0.1) is 5.92 Å². The Balaban J connectivity index is 1.45. The maximum absolute atomic E-state index is 13.3. The molecule has 2 aromatic carbocycles. The van der Waals surface area contributed by atoms with Gasteiger partial charge in [-0.05, 0) is 62.6 Å². The Morgan fingerprint density at radius 3 is 2.82 bits per heavy atom. The normalized spacial score (nSPS) is 17.4. The van der Waals surface area contributed by atoms with Gasteiger partial charge in [0, 0.05) is 25.7 Å². The fraction of sp³-hybridized carbons (Fsp3) is 0.435. The average Bonchev–Trinajstić information content (AvgIpc) is 3.26. The number of sulfonamides is 1. The number of nitrogens with one attached hydrogen (secondary N) is 1. The van der Waals surface area contributed by atoms with Crippen LogP contribution < -0.4 is 10.1 Å². The number of hydrogen-bond acceptors (Lipinski definition) is 6. The largest absolute Gasteiger partial charge is 0.497 e. The summed E-state index contributed by atoms with van der Waals surface area (Å²) in [5.74, 6) is 0.180. The first-order valence-corrected chi connectivity index (χ1v) is 12.5. The molecule has 0 spiro atoms. The molecule has 1 fully saturated rings. The Kier molecular flexibility index (Phi) is 6.66. The summed E-state index contributed by atoms with van der Waals surface area (Å²) in [4.78, 5) is 13.0. The summed E-state index contributed by atoms with van der Waals surface area (Å²) in [6.07, 6.45) is 1.28. The number of ether oxygens (including phenoxy) is 1. The third-order valence-corrected chi connectivity index (χ3v) is 7.79. The van der Waals surface area contributed by atoms with Gasteiger partial charge in [0.05, 0.1) is 23.4 Å². The van der Waals surface area contributed by atoms with Crippen LogP contribution in [0.2, 0.25) is 0 Å². The molecule has 1 N–H and O–H groups in total. The van der Waals surface area contributed by atoms with Crippen molar-refractivity contribution >= 4 is 27.0 Å². The molecule has 2 heterocycles. The monoisotopic (exact) mass is 471 g/mol. The Labute approximate surface area is 193 Å². The van der Waals surface area contributed by atoms with Crippen LogP contribution in [0.5, 0.6) is 5.75 Å². The number of carbonyl (C=O) groups is 1. The average molecular weight is 472 g/mol. The topological polar surface area (TPSA) is 106 Å². The van der Waals surface area contributed by atoms with Crippen molar-refractivity contribution < 1.29 is 17.9 Å². The van der Waals surface area contributed by atoms with E-state index in [2.05, 4.69) is 15.6 Å². The van der Waals surface area contributed by atoms with E-state index in [4.69, 9.17) is 4.74 Å². The standard InChI is InChI=1S/C23H29N5O4S/c1-16(2)28-22-10-9-20(13-21(22)25-26-28)33(30,31)27-11-5-7-18(15-27)23(29)24-14-17-6-4-8-19(12-17)32-3/h4,6,8-10,12-13,16,18H,5,7,11,14-15H2,1-3H3,(H,24,29)/t18-/m0/s1. The number of aromatic nitrogens is 3. The summed E-state index contributed by atoms with van der Waals surface area (Å²) in [6, 6.07) is 12.5. The van der Waals surface area contributed by atoms with Crippen LogP contribution in [0.25, 0.3) is 11.0 Å². The second-order valence-electron chi connectivity index (χ2n) is 8.55. The van der Waals surface area contributed by atoms with E-state index in [1.54, 1.807) is 30.0 Å². The zero-order chi connectivity index (χ0) is 23.6. The highest BCUT2D eigenvalue weighted by atomic mass is 32.2. The van der Waals surface area contributed by atoms with Gasteiger partial charge >= 0.3 is 0 Å². The van der Waals surface area contributed by atoms with Gasteiger partial charge in [-0.3, -0.25) is 4.79 Å². The van der Waals surface area contributed by atoms with E-state index in [0.717, 1.165) is 16.8 Å². The van der Waals surface area contributed by atoms with E-state index in [1.807, 2.05) is 38.1 Å². The van der Waals surface area contributed by atoms with Crippen molar-refractivity contribution in [2.75, 3.05) is 20.2 Å². The minimum atomic E-state index is -3.75. The fourth-order valence-electron chi connectivity index (χ4n) is 4.10. The van der Waals surface area contributed by atoms with Crippen LogP contribution in [0.15, 0.2) is 47.4 Å². The third kappa shape index (κ3) is 4.86. The molecule has 1 saturated heterocycles. The second kappa shape index (κ2) is 9.48. The van der Waals surface area contributed by atoms with Crippen LogP contribution in [-0.4, -0.2) is 53.8 Å². The number of carbonyl (C=O) groups excluding carboxylic acids is 1. The predicted octanol–water partition coefficient (Wildman–Crippen LogP) is 2.74. The molecule has 10 heteroatoms. The van der Waals surface area contributed by atoms with Gasteiger partial charge in [0.2, 0.25) is 15.9 Å². The van der Waals surface area contributed by atoms with Crippen LogP contribution in [0.1, 0.15) is 38.3 Å². The Morgan fingerprint density at radius 1 is 1.24 bits per heavy atom. The molecule has 33 heavy (non-hydrogen) atoms. The first kappa shape index (κ1) is 23.2. The molecule has 1 aliphatic rings. The summed E-state index contributed by atoms with van der Waals surface area (Å²) in [7, 11) is -2.15. The Morgan fingerprint density at radius 2 is 2.06 bits per heavy atom. The Bertz CT molecular complexity index is 1250. The first-order valence-electron chi connectivity index (χ1n) is 11.1. The number of amides is 1. The maximum Gasteiger partial charge on any atom is 0.243 e. The lowest BCUT2D eigenvalue weighted by atomic mass is 9.99. The molecule has 4 rings (SSSR count). The highest BCUT2D eigenvalue weighted by Gasteiger charge is 2.33. The molecule has 0 bridgehead atoms. The maximum atomic E-state index is 13.3. The van der Waals surface area contributed by atoms with Crippen molar-refractivity contribution in [3.63, 3.8) is 0 Å². The summed E-state index contributed by atoms with van der Waals surface area (Å²) < 4.78 is 35.0. The van der Waals surface area contributed by atoms with Crippen molar-refractivity contribution in [2.24, 2.45) is 5.92 Å². The van der Waals surface area contributed by atoms with Crippen molar-refractivity contribution in [3.05, 3.63) is 48.0 Å². The van der Waals surface area contributed by atoms with Gasteiger partial charge in [-0.1, -0.05) is 17.3 Å². The van der Waals surface area contributed by atoms with E-state index in [-0.39, 0.29) is 23.4 Å². The smallest absolute Gasteiger partial charge is 0.243 e. The fourth-order valence-corrected chi connectivity index (χ4v) is 5.65. The molecular weight excluding hydrogens is 442 g/mol. The Hall–Kier alpha value is -2.98. The number of piperidine rings is 1. The van der Waals surface area contributed by atoms with Crippen LogP contribution in [0.3, 0.4) is 0 Å². The third-order valence-electron chi connectivity index (χ3n) is 5.93. The highest BCUT2D eigenvalue weighted by Crippen LogP contribution is 2.26. The van der Waals surface area contributed by atoms with Crippen molar-refractivity contribution in [2.45, 2.75) is 44.2 Å². The van der Waals surface area contributed by atoms with Crippen molar-refractivity contribution in [1.82, 2.24) is 24.6 Å². The second-order valence-corrected chi connectivity index (χ2v) is 10.5. The van der Waals surface area contributed by atoms with Gasteiger partial charge in [-0.15, -0.1) is 5.10 Å². The molecule has 9 nitrogen and oxygen atoms in total. The van der Waals surface area contributed by atoms with E-state index in [9.17, 15) is 13.2 Å². The number of methoxy groups -OCH3 is 1. The van der Waals surface area contributed by atoms with Gasteiger partial charge < -0.3 is 10.1 Å². The summed E-state index contributed by atoms with van der Waals surface area (Å²) in [5.41, 5.74) is 2.25. The van der Waals surface area contributed by atoms with E-state index in [1.165, 1.54) is 4.31 Å². The number of rotatable bonds is 7. The van der Waals surface area contributed by atoms with Gasteiger partial charge in [0.1, 0.15) is 11.3 Å². The quantitative estimate of drug-likeness (QED) is 0.568. The minimum absolute atomic E-state index is 0.121. The summed E-state index contributed by atoms with van der Waals surface area (Å²) in [6.45, 7) is 4.89. The minimum Gasteiger partial charge on any atom is -0.497 e. The van der Waals surface area contributed by atoms with Crippen LogP contribution in [0.4, 0.5) is 0 Å². The zero-order valence-electron chi connectivity index (χ0n) is 19.1. The molecule has 1 aromatic heterocycles. The number of fused-ring (bicyclic) bond motifs is 1. The molecule has 0 unspecified atom stereocenters. The first-order chi connectivity index (χ1) is 15.8. The van der Waals surface area contributed by atoms with Crippen molar-refractivity contribution in [3.8, 4) is 5.75 Å². The van der Waals surface area contributed by atoms with Crippen LogP contribution in [-0.2, 0) is 21.4 Å². The molecule has 0 radical (unpaired) electrons. The molecule has 0 saturated carbocycles. The van der Waals surface area contributed by atoms with Gasteiger partial charge in [0.25, 0.3) is 0 Å². The van der Waals surface area contributed by atoms with E-state index < -0.39 is 15.9 Å². The molecule has 1 aliphatic heterocycles. The summed E-state index contributed by atoms with van der Waals surface area (Å²) >= 11 is 0. The lowest BCUT2D eigenvalue weighted by Gasteiger charge is -2.31. The van der Waals surface area contributed by atoms with Gasteiger partial charge in [-0.25, -0.2) is 13.1 Å². The molecule has 176 valence electrons. The van der Waals surface area contributed by atoms with E-state index in [0.29, 0.717) is 31.4 Å². The number of nitrogens with zero attached hydrogens (tertiary/aromatic N) is 4. The SMILES string of the molecule is COc1cccc(CNC(=O)[C@H]2CCCN(S(=O)(=O)c3ccc4c(c3)nnn4C(C)C)C2)c1. The number of benzene rings is 2. The van der Waals surface area contributed by atoms with Gasteiger partial charge in [-0.2, -0.15) is 4.31 Å². The highest BCUT2D eigenvalue weighted by molar-refractivity contribution is 7.89. The van der Waals surface area contributed by atoms with Gasteiger partial charge in [0.15, 0.2) is 0 Å². The molecule has 1 atom stereocenters. The summed E-state index contributed by atoms with van der Waals surface area (Å²) in [5, 5.41) is 11.2. The molecule has 0 aliphatic carbocycles. The molecule has 1 amide bonds. The van der Waals surface area contributed by atoms with Crippen molar-refractivity contribution in [1.29, 1.82) is 0 Å². The van der Waals surface area contributed by atoms with Crippen LogP contribution >= 0.6 is 0 Å². The van der Waals surface area contributed by atoms with E-state index >= 15 is 0 Å².